The molecule has 0 aromatic heterocycles. The van der Waals surface area contributed by atoms with E-state index in [4.69, 9.17) is 23.2 Å². The van der Waals surface area contributed by atoms with E-state index in [0.29, 0.717) is 15.8 Å². The molecule has 2 nitrogen and oxygen atoms in total. The average molecular weight is 308 g/mol. The van der Waals surface area contributed by atoms with Gasteiger partial charge in [0.05, 0.1) is 15.6 Å². The van der Waals surface area contributed by atoms with Crippen molar-refractivity contribution >= 4 is 23.2 Å². The molecule has 0 amide bonds. The van der Waals surface area contributed by atoms with Gasteiger partial charge in [-0.2, -0.15) is 0 Å². The van der Waals surface area contributed by atoms with Crippen LogP contribution in [0.25, 0.3) is 0 Å². The highest BCUT2D eigenvalue weighted by molar-refractivity contribution is 6.42. The van der Waals surface area contributed by atoms with Crippen LogP contribution in [0.2, 0.25) is 10.0 Å². The molecule has 0 spiro atoms. The van der Waals surface area contributed by atoms with Crippen molar-refractivity contribution in [3.8, 4) is 5.75 Å². The molecule has 1 aliphatic heterocycles. The summed E-state index contributed by atoms with van der Waals surface area (Å²) in [4.78, 5) is 0. The number of aromatic hydroxyl groups is 1. The summed E-state index contributed by atoms with van der Waals surface area (Å²) >= 11 is 12.1. The maximum absolute atomic E-state index is 9.65. The molecule has 20 heavy (non-hydrogen) atoms. The fourth-order valence-corrected chi connectivity index (χ4v) is 3.18. The van der Waals surface area contributed by atoms with E-state index < -0.39 is 0 Å². The molecule has 3 rings (SSSR count). The zero-order valence-electron chi connectivity index (χ0n) is 11.1. The highest BCUT2D eigenvalue weighted by Gasteiger charge is 2.33. The Labute approximate surface area is 128 Å². The molecular formula is C16H15Cl2NO. The molecule has 1 unspecified atom stereocenters. The quantitative estimate of drug-likeness (QED) is 0.831. The summed E-state index contributed by atoms with van der Waals surface area (Å²) in [5, 5.41) is 14.3. The molecule has 0 bridgehead atoms. The van der Waals surface area contributed by atoms with Crippen LogP contribution in [0.15, 0.2) is 36.4 Å². The Kier molecular flexibility index (Phi) is 3.41. The third-order valence-electron chi connectivity index (χ3n) is 4.00. The number of phenols is 1. The van der Waals surface area contributed by atoms with Crippen molar-refractivity contribution < 1.29 is 5.11 Å². The highest BCUT2D eigenvalue weighted by atomic mass is 35.5. The number of fused-ring (bicyclic) bond motifs is 1. The van der Waals surface area contributed by atoms with Crippen molar-refractivity contribution in [1.29, 1.82) is 0 Å². The summed E-state index contributed by atoms with van der Waals surface area (Å²) in [7, 11) is 0. The third kappa shape index (κ3) is 2.18. The maximum Gasteiger partial charge on any atom is 0.115 e. The Morgan fingerprint density at radius 1 is 1.10 bits per heavy atom. The molecule has 2 aromatic rings. The van der Waals surface area contributed by atoms with Crippen molar-refractivity contribution in [2.75, 3.05) is 6.54 Å². The minimum atomic E-state index is -0.324. The number of nitrogens with one attached hydrogen (secondary N) is 1. The smallest absolute Gasteiger partial charge is 0.115 e. The predicted octanol–water partition coefficient (Wildman–Crippen LogP) is 4.11. The zero-order valence-corrected chi connectivity index (χ0v) is 12.6. The van der Waals surface area contributed by atoms with E-state index in [9.17, 15) is 5.11 Å². The summed E-state index contributed by atoms with van der Waals surface area (Å²) in [6.07, 6.45) is 0.903. The van der Waals surface area contributed by atoms with Crippen LogP contribution in [0.3, 0.4) is 0 Å². The normalized spacial score (nSPS) is 21.6. The van der Waals surface area contributed by atoms with E-state index in [2.05, 4.69) is 12.2 Å². The SMILES string of the molecule is CC1(c2ccc(Cl)c(Cl)c2)NCCc2cc(O)ccc21. The van der Waals surface area contributed by atoms with Crippen LogP contribution in [0.1, 0.15) is 23.6 Å². The molecular weight excluding hydrogens is 293 g/mol. The topological polar surface area (TPSA) is 32.3 Å². The number of phenolic OH excluding ortho intramolecular Hbond substituents is 1. The van der Waals surface area contributed by atoms with E-state index in [1.807, 2.05) is 30.3 Å². The molecule has 2 N–H and O–H groups in total. The van der Waals surface area contributed by atoms with Crippen LogP contribution >= 0.6 is 23.2 Å². The second-order valence-electron chi connectivity index (χ2n) is 5.27. The number of halogens is 2. The first-order valence-corrected chi connectivity index (χ1v) is 7.29. The fourth-order valence-electron chi connectivity index (χ4n) is 2.88. The molecule has 0 radical (unpaired) electrons. The second-order valence-corrected chi connectivity index (χ2v) is 6.09. The van der Waals surface area contributed by atoms with E-state index >= 15 is 0 Å². The highest BCUT2D eigenvalue weighted by Crippen LogP contribution is 2.38. The Hall–Kier alpha value is -1.22. The summed E-state index contributed by atoms with van der Waals surface area (Å²) in [6.45, 7) is 2.98. The molecule has 4 heteroatoms. The van der Waals surface area contributed by atoms with Gasteiger partial charge in [-0.05, 0) is 54.3 Å². The van der Waals surface area contributed by atoms with Crippen LogP contribution in [0.5, 0.6) is 5.75 Å². The van der Waals surface area contributed by atoms with Gasteiger partial charge in [-0.25, -0.2) is 0 Å². The Bertz CT molecular complexity index is 672. The lowest BCUT2D eigenvalue weighted by Gasteiger charge is -2.38. The molecule has 2 aromatic carbocycles. The Balaban J connectivity index is 2.15. The number of rotatable bonds is 1. The van der Waals surface area contributed by atoms with Crippen molar-refractivity contribution in [3.63, 3.8) is 0 Å². The first-order valence-electron chi connectivity index (χ1n) is 6.53. The molecule has 104 valence electrons. The van der Waals surface area contributed by atoms with Gasteiger partial charge in [0.25, 0.3) is 0 Å². The monoisotopic (exact) mass is 307 g/mol. The van der Waals surface area contributed by atoms with Crippen LogP contribution in [0.4, 0.5) is 0 Å². The predicted molar refractivity (Wildman–Crippen MR) is 82.7 cm³/mol. The van der Waals surface area contributed by atoms with Crippen LogP contribution in [0, 0.1) is 0 Å². The minimum Gasteiger partial charge on any atom is -0.508 e. The van der Waals surface area contributed by atoms with Gasteiger partial charge in [0.15, 0.2) is 0 Å². The van der Waals surface area contributed by atoms with E-state index in [1.165, 1.54) is 5.56 Å². The first-order chi connectivity index (χ1) is 9.50. The van der Waals surface area contributed by atoms with Crippen LogP contribution < -0.4 is 5.32 Å². The largest absolute Gasteiger partial charge is 0.508 e. The van der Waals surface area contributed by atoms with Gasteiger partial charge >= 0.3 is 0 Å². The maximum atomic E-state index is 9.65. The second kappa shape index (κ2) is 4.96. The van der Waals surface area contributed by atoms with Crippen LogP contribution in [-0.4, -0.2) is 11.7 Å². The first kappa shape index (κ1) is 13.7. The van der Waals surface area contributed by atoms with Crippen molar-refractivity contribution in [2.45, 2.75) is 18.9 Å². The van der Waals surface area contributed by atoms with Crippen molar-refractivity contribution in [1.82, 2.24) is 5.32 Å². The van der Waals surface area contributed by atoms with E-state index in [0.717, 1.165) is 24.1 Å². The molecule has 1 aliphatic rings. The zero-order chi connectivity index (χ0) is 14.3. The van der Waals surface area contributed by atoms with Gasteiger partial charge in [0, 0.05) is 6.54 Å². The fraction of sp³-hybridized carbons (Fsp3) is 0.250. The Morgan fingerprint density at radius 2 is 1.90 bits per heavy atom. The lowest BCUT2D eigenvalue weighted by Crippen LogP contribution is -2.45. The molecule has 0 fully saturated rings. The number of hydrogen-bond acceptors (Lipinski definition) is 2. The van der Waals surface area contributed by atoms with E-state index in [1.54, 1.807) is 6.07 Å². The number of benzene rings is 2. The van der Waals surface area contributed by atoms with Crippen molar-refractivity contribution in [2.24, 2.45) is 0 Å². The minimum absolute atomic E-state index is 0.308. The standard InChI is InChI=1S/C16H15Cl2NO/c1-16(11-2-5-14(17)15(18)9-11)13-4-3-12(20)8-10(13)6-7-19-16/h2-5,8-9,19-20H,6-7H2,1H3. The van der Waals surface area contributed by atoms with E-state index in [-0.39, 0.29) is 5.54 Å². The van der Waals surface area contributed by atoms with Gasteiger partial charge in [-0.3, -0.25) is 0 Å². The molecule has 0 saturated heterocycles. The van der Waals surface area contributed by atoms with Gasteiger partial charge in [0.1, 0.15) is 5.75 Å². The lowest BCUT2D eigenvalue weighted by molar-refractivity contribution is 0.411. The van der Waals surface area contributed by atoms with Gasteiger partial charge in [-0.15, -0.1) is 0 Å². The third-order valence-corrected chi connectivity index (χ3v) is 4.74. The molecule has 0 aliphatic carbocycles. The molecule has 1 atom stereocenters. The van der Waals surface area contributed by atoms with Gasteiger partial charge in [0.2, 0.25) is 0 Å². The molecule has 1 heterocycles. The summed E-state index contributed by atoms with van der Waals surface area (Å²) in [5.41, 5.74) is 3.07. The lowest BCUT2D eigenvalue weighted by atomic mass is 9.79. The van der Waals surface area contributed by atoms with Gasteiger partial charge < -0.3 is 10.4 Å². The molecule has 0 saturated carbocycles. The van der Waals surface area contributed by atoms with Crippen molar-refractivity contribution in [3.05, 3.63) is 63.1 Å². The summed E-state index contributed by atoms with van der Waals surface area (Å²) in [5.74, 6) is 0.308. The number of hydrogen-bond donors (Lipinski definition) is 2. The summed E-state index contributed by atoms with van der Waals surface area (Å²) in [6, 6.07) is 11.2. The Morgan fingerprint density at radius 3 is 2.65 bits per heavy atom. The average Bonchev–Trinajstić information content (AvgIpc) is 2.41. The van der Waals surface area contributed by atoms with Crippen LogP contribution in [-0.2, 0) is 12.0 Å². The summed E-state index contributed by atoms with van der Waals surface area (Å²) < 4.78 is 0. The van der Waals surface area contributed by atoms with Gasteiger partial charge in [-0.1, -0.05) is 35.3 Å².